The molecule has 0 atom stereocenters. The van der Waals surface area contributed by atoms with Crippen LogP contribution >= 0.6 is 0 Å². The molecule has 23 valence electrons. The summed E-state index contributed by atoms with van der Waals surface area (Å²) in [7, 11) is -0.443. The van der Waals surface area contributed by atoms with E-state index >= 15 is 0 Å². The molecule has 1 saturated heterocycles. The standard InChI is InChI=1S/C3H7Si/c1-2-4-3-1/h4H,1-3H2/i4D. The Kier molecular flexibility index (Phi) is 0.356. The second-order valence-electron chi connectivity index (χ2n) is 1.10. The maximum atomic E-state index is 7.02. The van der Waals surface area contributed by atoms with Crippen LogP contribution in [-0.2, 0) is 0 Å². The summed E-state index contributed by atoms with van der Waals surface area (Å²) in [5.41, 5.74) is 0. The Balaban J connectivity index is 2.08. The number of rotatable bonds is 0. The van der Waals surface area contributed by atoms with Crippen molar-refractivity contribution in [2.75, 3.05) is 0 Å². The predicted molar refractivity (Wildman–Crippen MR) is 21.4 cm³/mol. The molecule has 1 heteroatoms. The van der Waals surface area contributed by atoms with E-state index in [1.807, 2.05) is 0 Å². The van der Waals surface area contributed by atoms with Crippen LogP contribution in [-0.4, -0.2) is 10.7 Å². The van der Waals surface area contributed by atoms with E-state index in [-0.39, 0.29) is 0 Å². The van der Waals surface area contributed by atoms with Gasteiger partial charge in [0.2, 0.25) is 0 Å². The summed E-state index contributed by atoms with van der Waals surface area (Å²) < 4.78 is 7.02. The van der Waals surface area contributed by atoms with Crippen molar-refractivity contribution in [2.24, 2.45) is 0 Å². The summed E-state index contributed by atoms with van der Waals surface area (Å²) in [6.07, 6.45) is 1.35. The third kappa shape index (κ3) is 0.185. The highest BCUT2D eigenvalue weighted by Crippen LogP contribution is 2.07. The molecular formula is C3H7Si. The largest absolute Gasteiger partial charge is 0.0623 e. The van der Waals surface area contributed by atoms with Crippen molar-refractivity contribution < 1.29 is 0 Å². The Morgan fingerprint density at radius 3 is 2.25 bits per heavy atom. The van der Waals surface area contributed by atoms with E-state index in [4.69, 9.17) is 1.23 Å². The van der Waals surface area contributed by atoms with Gasteiger partial charge in [-0.1, -0.05) is 18.5 Å². The SMILES string of the molecule is [2H][Si]1CCC1. The van der Waals surface area contributed by atoms with E-state index in [2.05, 4.69) is 0 Å². The van der Waals surface area contributed by atoms with E-state index in [0.29, 0.717) is 0 Å². The molecule has 1 heterocycles. The molecule has 0 amide bonds. The summed E-state index contributed by atoms with van der Waals surface area (Å²) in [5, 5.41) is 0. The van der Waals surface area contributed by atoms with Crippen molar-refractivity contribution >= 4 is 9.45 Å². The molecular weight excluding hydrogens is 64.1 g/mol. The molecule has 0 unspecified atom stereocenters. The van der Waals surface area contributed by atoms with Gasteiger partial charge in [0.05, 0.1) is 0 Å². The monoisotopic (exact) mass is 72.0 g/mol. The van der Waals surface area contributed by atoms with Crippen LogP contribution in [0.1, 0.15) is 6.42 Å². The second kappa shape index (κ2) is 0.889. The highest BCUT2D eigenvalue weighted by Gasteiger charge is 1.96. The van der Waals surface area contributed by atoms with Crippen molar-refractivity contribution in [3.63, 3.8) is 0 Å². The van der Waals surface area contributed by atoms with Crippen LogP contribution < -0.4 is 0 Å². The van der Waals surface area contributed by atoms with Gasteiger partial charge in [0.25, 0.3) is 0 Å². The molecule has 0 nitrogen and oxygen atoms in total. The summed E-state index contributed by atoms with van der Waals surface area (Å²) in [6.45, 7) is 0. The molecule has 0 bridgehead atoms. The molecule has 1 fully saturated rings. The molecule has 1 rings (SSSR count). The first-order valence-electron chi connectivity index (χ1n) is 2.21. The summed E-state index contributed by atoms with van der Waals surface area (Å²) in [6, 6.07) is 2.51. The van der Waals surface area contributed by atoms with Crippen molar-refractivity contribution in [3.05, 3.63) is 0 Å². The van der Waals surface area contributed by atoms with Crippen molar-refractivity contribution in [1.29, 1.82) is 1.23 Å². The topological polar surface area (TPSA) is 0 Å². The second-order valence-corrected chi connectivity index (χ2v) is 2.60. The third-order valence-corrected chi connectivity index (χ3v) is 2.12. The first kappa shape index (κ1) is 1.60. The van der Waals surface area contributed by atoms with Crippen molar-refractivity contribution in [1.82, 2.24) is 0 Å². The van der Waals surface area contributed by atoms with E-state index < -0.39 is 9.45 Å². The summed E-state index contributed by atoms with van der Waals surface area (Å²) >= 11 is 0. The molecule has 0 spiro atoms. The van der Waals surface area contributed by atoms with Gasteiger partial charge in [-0.25, -0.2) is 0 Å². The van der Waals surface area contributed by atoms with Gasteiger partial charge in [0.1, 0.15) is 0 Å². The first-order chi connectivity index (χ1) is 2.39. The smallest absolute Gasteiger partial charge is 0.0279 e. The minimum absolute atomic E-state index is 0.443. The van der Waals surface area contributed by atoms with Gasteiger partial charge in [-0.05, 0) is 0 Å². The molecule has 0 N–H and O–H groups in total. The Morgan fingerprint density at radius 2 is 2.25 bits per heavy atom. The van der Waals surface area contributed by atoms with Crippen molar-refractivity contribution in [3.8, 4) is 0 Å². The fourth-order valence-corrected chi connectivity index (χ4v) is 0.530. The molecule has 0 aromatic carbocycles. The minimum Gasteiger partial charge on any atom is -0.0623 e. The molecule has 0 aromatic heterocycles. The van der Waals surface area contributed by atoms with E-state index in [9.17, 15) is 0 Å². The summed E-state index contributed by atoms with van der Waals surface area (Å²) in [4.78, 5) is 0. The van der Waals surface area contributed by atoms with Gasteiger partial charge >= 0.3 is 0 Å². The lowest BCUT2D eigenvalue weighted by molar-refractivity contribution is 0.971. The zero-order chi connectivity index (χ0) is 3.70. The lowest BCUT2D eigenvalue weighted by Crippen LogP contribution is -1.98. The quantitative estimate of drug-likeness (QED) is 0.369. The zero-order valence-electron chi connectivity index (χ0n) is 3.62. The van der Waals surface area contributed by atoms with Crippen LogP contribution in [0.15, 0.2) is 0 Å². The lowest BCUT2D eigenvalue weighted by atomic mass is 10.5. The zero-order valence-corrected chi connectivity index (χ0v) is 3.62. The number of hydrogen-bond donors (Lipinski definition) is 0. The van der Waals surface area contributed by atoms with Gasteiger partial charge < -0.3 is 0 Å². The fourth-order valence-electron chi connectivity index (χ4n) is 0.177. The fraction of sp³-hybridized carbons (Fsp3) is 1.00. The Bertz CT molecular complexity index is 33.9. The lowest BCUT2D eigenvalue weighted by Gasteiger charge is -2.04. The first-order valence-corrected chi connectivity index (χ1v) is 3.12. The minimum atomic E-state index is -0.443. The van der Waals surface area contributed by atoms with E-state index in [0.717, 1.165) is 0 Å². The van der Waals surface area contributed by atoms with Crippen molar-refractivity contribution in [2.45, 2.75) is 18.5 Å². The predicted octanol–water partition coefficient (Wildman–Crippen LogP) is 0.663. The number of hydrogen-bond acceptors (Lipinski definition) is 0. The van der Waals surface area contributed by atoms with E-state index in [1.54, 1.807) is 0 Å². The van der Waals surface area contributed by atoms with Crippen LogP contribution in [0.4, 0.5) is 0 Å². The van der Waals surface area contributed by atoms with Gasteiger partial charge in [-0.2, -0.15) is 0 Å². The Labute approximate surface area is 30.3 Å². The average Bonchev–Trinajstić information content (AvgIpc) is 1.30. The maximum Gasteiger partial charge on any atom is 0.0279 e. The Hall–Kier alpha value is 0.217. The molecule has 0 aromatic rings. The van der Waals surface area contributed by atoms with Crippen LogP contribution in [0.3, 0.4) is 0 Å². The van der Waals surface area contributed by atoms with Gasteiger partial charge in [-0.15, -0.1) is 0 Å². The van der Waals surface area contributed by atoms with Crippen LogP contribution in [0.2, 0.25) is 12.1 Å². The van der Waals surface area contributed by atoms with Crippen LogP contribution in [0, 0.1) is 0 Å². The maximum absolute atomic E-state index is 7.02. The molecule has 0 saturated carbocycles. The van der Waals surface area contributed by atoms with Gasteiger partial charge in [0.15, 0.2) is 0 Å². The van der Waals surface area contributed by atoms with Gasteiger partial charge in [0, 0.05) is 10.7 Å². The molecule has 1 radical (unpaired) electrons. The molecule has 1 aliphatic heterocycles. The highest BCUT2D eigenvalue weighted by molar-refractivity contribution is 6.38. The van der Waals surface area contributed by atoms with Crippen LogP contribution in [0.5, 0.6) is 0 Å². The highest BCUT2D eigenvalue weighted by atomic mass is 28.2. The third-order valence-electron chi connectivity index (χ3n) is 0.707. The Morgan fingerprint density at radius 1 is 1.75 bits per heavy atom. The normalized spacial score (nSPS) is 32.5. The summed E-state index contributed by atoms with van der Waals surface area (Å²) in [5.74, 6) is 0. The molecule has 1 aliphatic rings. The van der Waals surface area contributed by atoms with Crippen LogP contribution in [0.25, 0.3) is 0 Å². The molecule has 0 aliphatic carbocycles. The average molecular weight is 72.2 g/mol. The van der Waals surface area contributed by atoms with Gasteiger partial charge in [-0.3, -0.25) is 0 Å². The van der Waals surface area contributed by atoms with E-state index in [1.165, 1.54) is 18.5 Å². The molecule has 4 heavy (non-hydrogen) atoms.